The Labute approximate surface area is 290 Å². The number of esters is 1. The van der Waals surface area contributed by atoms with Gasteiger partial charge in [-0.3, -0.25) is 9.59 Å². The third kappa shape index (κ3) is 20.2. The summed E-state index contributed by atoms with van der Waals surface area (Å²) in [5.74, 6) is -0.218. The maximum absolute atomic E-state index is 12.9. The molecule has 1 rings (SSSR count). The number of carbonyl (C=O) groups excluding carboxylic acids is 3. The average Bonchev–Trinajstić information content (AvgIpc) is 3.06. The zero-order valence-corrected chi connectivity index (χ0v) is 30.3. The number of carbonyl (C=O) groups is 3. The molecular weight excluding hydrogens is 600 g/mol. The summed E-state index contributed by atoms with van der Waals surface area (Å²) in [5.41, 5.74) is 1.54. The van der Waals surface area contributed by atoms with Gasteiger partial charge in [0.25, 0.3) is 0 Å². The maximum Gasteiger partial charge on any atom is 0.330 e. The van der Waals surface area contributed by atoms with Crippen molar-refractivity contribution in [3.05, 3.63) is 102 Å². The van der Waals surface area contributed by atoms with Gasteiger partial charge in [-0.1, -0.05) is 106 Å². The van der Waals surface area contributed by atoms with Gasteiger partial charge in [0, 0.05) is 18.4 Å². The Morgan fingerprint density at radius 1 is 0.812 bits per heavy atom. The summed E-state index contributed by atoms with van der Waals surface area (Å²) < 4.78 is 10.8. The molecule has 0 heterocycles. The molecule has 2 amide bonds. The lowest BCUT2D eigenvalue weighted by molar-refractivity contribution is -0.145. The molecule has 1 unspecified atom stereocenters. The van der Waals surface area contributed by atoms with E-state index in [0.717, 1.165) is 55.4 Å². The lowest BCUT2D eigenvalue weighted by Gasteiger charge is -2.25. The van der Waals surface area contributed by atoms with Gasteiger partial charge in [-0.05, 0) is 88.8 Å². The van der Waals surface area contributed by atoms with E-state index in [-0.39, 0.29) is 24.8 Å². The summed E-state index contributed by atoms with van der Waals surface area (Å²) in [7, 11) is 1.26. The van der Waals surface area contributed by atoms with Crippen molar-refractivity contribution < 1.29 is 23.9 Å². The number of ether oxygens (including phenoxy) is 2. The van der Waals surface area contributed by atoms with Crippen LogP contribution in [0.2, 0.25) is 0 Å². The van der Waals surface area contributed by atoms with Crippen LogP contribution in [0.25, 0.3) is 0 Å². The van der Waals surface area contributed by atoms with Crippen molar-refractivity contribution in [3.8, 4) is 5.75 Å². The number of aryl methyl sites for hydroxylation is 2. The van der Waals surface area contributed by atoms with E-state index < -0.39 is 17.4 Å². The number of benzene rings is 1. The first-order chi connectivity index (χ1) is 23.1. The van der Waals surface area contributed by atoms with E-state index in [0.29, 0.717) is 25.9 Å². The third-order valence-corrected chi connectivity index (χ3v) is 7.58. The predicted molar refractivity (Wildman–Crippen MR) is 199 cm³/mol. The fourth-order valence-corrected chi connectivity index (χ4v) is 4.56. The molecule has 0 aliphatic carbocycles. The van der Waals surface area contributed by atoms with Crippen molar-refractivity contribution in [1.82, 2.24) is 10.6 Å². The number of hydrogen-bond acceptors (Lipinski definition) is 5. The standard InChI is InChI=1S/C41H60N2O5/c1-7-8-9-10-11-12-13-14-15-16-17-18-19-20-21-22-23-24-25-27-38(44)43-36(39(45)47-6)33-42-40(46)41(4,5)30-26-31-48-37-32-34(2)28-29-35(37)3/h8-9,11-12,14-15,17-18,20-21,23-24,28-29,32,36H,7,10,13,16,19,22,25-27,30-31,33H2,1-6H3,(H,42,46)(H,43,44). The number of nitrogens with one attached hydrogen (secondary N) is 2. The van der Waals surface area contributed by atoms with Gasteiger partial charge in [0.15, 0.2) is 0 Å². The highest BCUT2D eigenvalue weighted by atomic mass is 16.5. The maximum atomic E-state index is 12.9. The van der Waals surface area contributed by atoms with Crippen LogP contribution in [0.1, 0.15) is 96.1 Å². The minimum Gasteiger partial charge on any atom is -0.493 e. The first kappa shape index (κ1) is 41.9. The van der Waals surface area contributed by atoms with E-state index in [1.807, 2.05) is 58.0 Å². The molecule has 0 fully saturated rings. The smallest absolute Gasteiger partial charge is 0.330 e. The average molecular weight is 661 g/mol. The largest absolute Gasteiger partial charge is 0.493 e. The minimum absolute atomic E-state index is 0.0421. The van der Waals surface area contributed by atoms with Crippen LogP contribution in [-0.4, -0.2) is 44.1 Å². The molecule has 0 saturated carbocycles. The molecule has 0 spiro atoms. The van der Waals surface area contributed by atoms with Gasteiger partial charge in [0.1, 0.15) is 11.8 Å². The second-order valence-corrected chi connectivity index (χ2v) is 12.4. The van der Waals surface area contributed by atoms with Gasteiger partial charge < -0.3 is 20.1 Å². The Bertz CT molecular complexity index is 1270. The van der Waals surface area contributed by atoms with E-state index in [1.54, 1.807) is 0 Å². The SMILES string of the molecule is CCC=CCC=CCC=CCC=CCC=CCC=CCCC(=O)NC(CNC(=O)C(C)(C)CCCOc1cc(C)ccc1C)C(=O)OC. The number of hydrogen-bond donors (Lipinski definition) is 2. The predicted octanol–water partition coefficient (Wildman–Crippen LogP) is 8.74. The zero-order valence-electron chi connectivity index (χ0n) is 30.3. The summed E-state index contributed by atoms with van der Waals surface area (Å²) in [6.45, 7) is 10.3. The summed E-state index contributed by atoms with van der Waals surface area (Å²) in [4.78, 5) is 37.8. The van der Waals surface area contributed by atoms with Gasteiger partial charge in [0.05, 0.1) is 13.7 Å². The first-order valence-corrected chi connectivity index (χ1v) is 17.4. The zero-order chi connectivity index (χ0) is 35.5. The Morgan fingerprint density at radius 3 is 1.90 bits per heavy atom. The van der Waals surface area contributed by atoms with Gasteiger partial charge in [-0.25, -0.2) is 4.79 Å². The van der Waals surface area contributed by atoms with Crippen molar-refractivity contribution in [2.75, 3.05) is 20.3 Å². The highest BCUT2D eigenvalue weighted by Gasteiger charge is 2.29. The molecular formula is C41H60N2O5. The van der Waals surface area contributed by atoms with E-state index >= 15 is 0 Å². The van der Waals surface area contributed by atoms with E-state index in [1.165, 1.54) is 7.11 Å². The minimum atomic E-state index is -0.958. The molecule has 7 nitrogen and oxygen atoms in total. The molecule has 1 atom stereocenters. The molecule has 264 valence electrons. The van der Waals surface area contributed by atoms with Crippen molar-refractivity contribution in [2.24, 2.45) is 5.41 Å². The molecule has 2 N–H and O–H groups in total. The topological polar surface area (TPSA) is 93.7 Å². The second-order valence-electron chi connectivity index (χ2n) is 12.4. The highest BCUT2D eigenvalue weighted by molar-refractivity contribution is 5.86. The van der Waals surface area contributed by atoms with Gasteiger partial charge in [0.2, 0.25) is 11.8 Å². The van der Waals surface area contributed by atoms with Crippen LogP contribution in [0.3, 0.4) is 0 Å². The molecule has 0 saturated heterocycles. The summed E-state index contributed by atoms with van der Waals surface area (Å²) in [6, 6.07) is 5.13. The summed E-state index contributed by atoms with van der Waals surface area (Å²) in [5, 5.41) is 5.52. The molecule has 0 bridgehead atoms. The quantitative estimate of drug-likeness (QED) is 0.0657. The lowest BCUT2D eigenvalue weighted by Crippen LogP contribution is -2.50. The van der Waals surface area contributed by atoms with Crippen LogP contribution in [0.5, 0.6) is 5.75 Å². The van der Waals surface area contributed by atoms with E-state index in [2.05, 4.69) is 78.3 Å². The van der Waals surface area contributed by atoms with Crippen molar-refractivity contribution >= 4 is 17.8 Å². The number of rotatable bonds is 24. The molecule has 1 aromatic rings. The molecule has 0 radical (unpaired) electrons. The highest BCUT2D eigenvalue weighted by Crippen LogP contribution is 2.24. The lowest BCUT2D eigenvalue weighted by atomic mass is 9.87. The van der Waals surface area contributed by atoms with Crippen LogP contribution >= 0.6 is 0 Å². The number of amides is 2. The second kappa shape index (κ2) is 25.9. The molecule has 0 aliphatic heterocycles. The van der Waals surface area contributed by atoms with Crippen molar-refractivity contribution in [2.45, 2.75) is 105 Å². The van der Waals surface area contributed by atoms with E-state index in [9.17, 15) is 14.4 Å². The number of allylic oxidation sites excluding steroid dienone is 12. The van der Waals surface area contributed by atoms with Gasteiger partial charge >= 0.3 is 5.97 Å². The molecule has 48 heavy (non-hydrogen) atoms. The molecule has 7 heteroatoms. The normalized spacial score (nSPS) is 13.0. The van der Waals surface area contributed by atoms with Crippen LogP contribution in [-0.2, 0) is 19.1 Å². The molecule has 1 aromatic carbocycles. The molecule has 0 aromatic heterocycles. The van der Waals surface area contributed by atoms with Crippen molar-refractivity contribution in [3.63, 3.8) is 0 Å². The summed E-state index contributed by atoms with van der Waals surface area (Å²) >= 11 is 0. The fourth-order valence-electron chi connectivity index (χ4n) is 4.56. The van der Waals surface area contributed by atoms with Crippen LogP contribution in [0.4, 0.5) is 0 Å². The van der Waals surface area contributed by atoms with Crippen LogP contribution in [0.15, 0.2) is 91.1 Å². The van der Waals surface area contributed by atoms with Gasteiger partial charge in [-0.2, -0.15) is 0 Å². The monoisotopic (exact) mass is 660 g/mol. The molecule has 0 aliphatic rings. The van der Waals surface area contributed by atoms with Crippen LogP contribution in [0, 0.1) is 19.3 Å². The third-order valence-electron chi connectivity index (χ3n) is 7.58. The Kier molecular flexibility index (Phi) is 22.6. The Balaban J connectivity index is 2.30. The Morgan fingerprint density at radius 2 is 1.35 bits per heavy atom. The first-order valence-electron chi connectivity index (χ1n) is 17.4. The van der Waals surface area contributed by atoms with Gasteiger partial charge in [-0.15, -0.1) is 0 Å². The van der Waals surface area contributed by atoms with Crippen molar-refractivity contribution in [1.29, 1.82) is 0 Å². The fraction of sp³-hybridized carbons (Fsp3) is 0.488. The van der Waals surface area contributed by atoms with Crippen LogP contribution < -0.4 is 15.4 Å². The summed E-state index contributed by atoms with van der Waals surface area (Å²) in [6.07, 6.45) is 33.4. The number of methoxy groups -OCH3 is 1. The Hall–Kier alpha value is -4.13. The van der Waals surface area contributed by atoms with E-state index in [4.69, 9.17) is 9.47 Å².